The van der Waals surface area contributed by atoms with E-state index in [-0.39, 0.29) is 6.04 Å². The molecule has 0 saturated heterocycles. The number of halogens is 1. The lowest BCUT2D eigenvalue weighted by molar-refractivity contribution is 0.352. The van der Waals surface area contributed by atoms with Gasteiger partial charge in [-0.25, -0.2) is 0 Å². The molecule has 0 saturated carbocycles. The van der Waals surface area contributed by atoms with Crippen molar-refractivity contribution in [3.05, 3.63) is 22.7 Å². The second-order valence-electron chi connectivity index (χ2n) is 4.34. The van der Waals surface area contributed by atoms with Crippen molar-refractivity contribution < 1.29 is 9.47 Å². The van der Waals surface area contributed by atoms with E-state index in [4.69, 9.17) is 26.8 Å². The highest BCUT2D eigenvalue weighted by Crippen LogP contribution is 2.39. The maximum atomic E-state index is 6.29. The summed E-state index contributed by atoms with van der Waals surface area (Å²) < 4.78 is 10.5. The molecule has 1 aromatic carbocycles. The largest absolute Gasteiger partial charge is 0.493 e. The number of nitrogens with two attached hydrogens (primary N) is 1. The van der Waals surface area contributed by atoms with E-state index in [1.54, 1.807) is 14.2 Å². The minimum absolute atomic E-state index is 0.0303. The molecule has 1 atom stereocenters. The first-order valence-electron chi connectivity index (χ1n) is 6.25. The van der Waals surface area contributed by atoms with Crippen molar-refractivity contribution in [1.82, 2.24) is 0 Å². The average molecular weight is 272 g/mol. The highest BCUT2D eigenvalue weighted by Gasteiger charge is 2.19. The predicted molar refractivity (Wildman–Crippen MR) is 75.6 cm³/mol. The van der Waals surface area contributed by atoms with Crippen LogP contribution in [0.3, 0.4) is 0 Å². The summed E-state index contributed by atoms with van der Waals surface area (Å²) in [6.45, 7) is 4.30. The van der Waals surface area contributed by atoms with Gasteiger partial charge in [0.1, 0.15) is 0 Å². The summed E-state index contributed by atoms with van der Waals surface area (Å²) >= 11 is 6.19. The van der Waals surface area contributed by atoms with Crippen molar-refractivity contribution in [1.29, 1.82) is 0 Å². The van der Waals surface area contributed by atoms with E-state index in [9.17, 15) is 0 Å². The first-order chi connectivity index (χ1) is 8.58. The summed E-state index contributed by atoms with van der Waals surface area (Å²) in [5.74, 6) is 1.63. The van der Waals surface area contributed by atoms with Gasteiger partial charge in [-0.15, -0.1) is 0 Å². The lowest BCUT2D eigenvalue weighted by atomic mass is 9.89. The quantitative estimate of drug-likeness (QED) is 0.856. The molecular weight excluding hydrogens is 250 g/mol. The van der Waals surface area contributed by atoms with E-state index in [2.05, 4.69) is 13.8 Å². The first-order valence-corrected chi connectivity index (χ1v) is 6.63. The molecule has 0 heterocycles. The summed E-state index contributed by atoms with van der Waals surface area (Å²) in [6.07, 6.45) is 2.09. The minimum Gasteiger partial charge on any atom is -0.493 e. The summed E-state index contributed by atoms with van der Waals surface area (Å²) in [4.78, 5) is 0. The standard InChI is InChI=1S/C14H22ClNO2/c1-5-9(6-2)13(16)10-7-11(15)14(18-4)12(8-10)17-3/h7-9,13H,5-6,16H2,1-4H3. The van der Waals surface area contributed by atoms with Gasteiger partial charge in [-0.3, -0.25) is 0 Å². The molecule has 2 N–H and O–H groups in total. The van der Waals surface area contributed by atoms with Crippen molar-refractivity contribution in [3.8, 4) is 11.5 Å². The van der Waals surface area contributed by atoms with E-state index < -0.39 is 0 Å². The van der Waals surface area contributed by atoms with Crippen LogP contribution in [0.4, 0.5) is 0 Å². The third-order valence-electron chi connectivity index (χ3n) is 3.40. The van der Waals surface area contributed by atoms with Crippen LogP contribution in [0.5, 0.6) is 11.5 Å². The van der Waals surface area contributed by atoms with E-state index in [1.807, 2.05) is 12.1 Å². The Bertz CT molecular complexity index is 392. The molecule has 3 nitrogen and oxygen atoms in total. The summed E-state index contributed by atoms with van der Waals surface area (Å²) in [5, 5.41) is 0.535. The second kappa shape index (κ2) is 6.86. The van der Waals surface area contributed by atoms with E-state index in [0.29, 0.717) is 22.4 Å². The average Bonchev–Trinajstić information content (AvgIpc) is 2.38. The number of rotatable bonds is 6. The molecule has 0 aliphatic heterocycles. The Morgan fingerprint density at radius 1 is 1.17 bits per heavy atom. The van der Waals surface area contributed by atoms with Gasteiger partial charge < -0.3 is 15.2 Å². The molecule has 4 heteroatoms. The predicted octanol–water partition coefficient (Wildman–Crippen LogP) is 3.79. The molecule has 0 amide bonds. The summed E-state index contributed by atoms with van der Waals surface area (Å²) in [5.41, 5.74) is 7.28. The molecule has 0 bridgehead atoms. The zero-order valence-corrected chi connectivity index (χ0v) is 12.3. The normalized spacial score (nSPS) is 12.6. The van der Waals surface area contributed by atoms with Crippen LogP contribution in [0, 0.1) is 5.92 Å². The molecule has 1 aromatic rings. The Morgan fingerprint density at radius 2 is 1.78 bits per heavy atom. The third-order valence-corrected chi connectivity index (χ3v) is 3.68. The lowest BCUT2D eigenvalue weighted by Gasteiger charge is -2.23. The van der Waals surface area contributed by atoms with Crippen molar-refractivity contribution in [3.63, 3.8) is 0 Å². The number of hydrogen-bond donors (Lipinski definition) is 1. The van der Waals surface area contributed by atoms with E-state index in [1.165, 1.54) is 0 Å². The van der Waals surface area contributed by atoms with Crippen molar-refractivity contribution in [2.24, 2.45) is 11.7 Å². The smallest absolute Gasteiger partial charge is 0.179 e. The van der Waals surface area contributed by atoms with Gasteiger partial charge in [0.15, 0.2) is 11.5 Å². The Labute approximate surface area is 114 Å². The molecule has 0 aliphatic rings. The van der Waals surface area contributed by atoms with E-state index in [0.717, 1.165) is 18.4 Å². The van der Waals surface area contributed by atoms with Gasteiger partial charge in [0, 0.05) is 6.04 Å². The molecule has 102 valence electrons. The van der Waals surface area contributed by atoms with Crippen LogP contribution in [0.15, 0.2) is 12.1 Å². The van der Waals surface area contributed by atoms with Crippen LogP contribution in [0.25, 0.3) is 0 Å². The molecule has 0 fully saturated rings. The number of ether oxygens (including phenoxy) is 2. The SMILES string of the molecule is CCC(CC)C(N)c1cc(Cl)c(OC)c(OC)c1. The van der Waals surface area contributed by atoms with Gasteiger partial charge >= 0.3 is 0 Å². The maximum absolute atomic E-state index is 6.29. The number of benzene rings is 1. The third kappa shape index (κ3) is 3.09. The van der Waals surface area contributed by atoms with Crippen molar-refractivity contribution in [2.45, 2.75) is 32.7 Å². The van der Waals surface area contributed by atoms with Gasteiger partial charge in [-0.1, -0.05) is 38.3 Å². The second-order valence-corrected chi connectivity index (χ2v) is 4.75. The molecule has 0 spiro atoms. The Balaban J connectivity index is 3.14. The van der Waals surface area contributed by atoms with Crippen LogP contribution < -0.4 is 15.2 Å². The van der Waals surface area contributed by atoms with Gasteiger partial charge in [-0.2, -0.15) is 0 Å². The Morgan fingerprint density at radius 3 is 2.22 bits per heavy atom. The zero-order chi connectivity index (χ0) is 13.7. The van der Waals surface area contributed by atoms with Crippen LogP contribution in [-0.4, -0.2) is 14.2 Å². The zero-order valence-electron chi connectivity index (χ0n) is 11.5. The fourth-order valence-corrected chi connectivity index (χ4v) is 2.50. The Hall–Kier alpha value is -0.930. The monoisotopic (exact) mass is 271 g/mol. The van der Waals surface area contributed by atoms with Crippen molar-refractivity contribution >= 4 is 11.6 Å². The molecule has 18 heavy (non-hydrogen) atoms. The fraction of sp³-hybridized carbons (Fsp3) is 0.571. The van der Waals surface area contributed by atoms with Crippen LogP contribution in [-0.2, 0) is 0 Å². The van der Waals surface area contributed by atoms with Crippen molar-refractivity contribution in [2.75, 3.05) is 14.2 Å². The number of hydrogen-bond acceptors (Lipinski definition) is 3. The van der Waals surface area contributed by atoms with Gasteiger partial charge in [0.25, 0.3) is 0 Å². The molecule has 0 aromatic heterocycles. The lowest BCUT2D eigenvalue weighted by Crippen LogP contribution is -2.20. The molecule has 0 radical (unpaired) electrons. The van der Waals surface area contributed by atoms with Crippen LogP contribution in [0.1, 0.15) is 38.3 Å². The highest BCUT2D eigenvalue weighted by atomic mass is 35.5. The highest BCUT2D eigenvalue weighted by molar-refractivity contribution is 6.32. The first kappa shape index (κ1) is 15.1. The molecule has 1 rings (SSSR count). The molecule has 1 unspecified atom stereocenters. The topological polar surface area (TPSA) is 44.5 Å². The molecular formula is C14H22ClNO2. The van der Waals surface area contributed by atoms with Crippen LogP contribution in [0.2, 0.25) is 5.02 Å². The van der Waals surface area contributed by atoms with Gasteiger partial charge in [0.05, 0.1) is 19.2 Å². The summed E-state index contributed by atoms with van der Waals surface area (Å²) in [6, 6.07) is 3.75. The fourth-order valence-electron chi connectivity index (χ4n) is 2.20. The minimum atomic E-state index is -0.0303. The van der Waals surface area contributed by atoms with Gasteiger partial charge in [0.2, 0.25) is 0 Å². The van der Waals surface area contributed by atoms with Gasteiger partial charge in [-0.05, 0) is 23.6 Å². The molecule has 0 aliphatic carbocycles. The summed E-state index contributed by atoms with van der Waals surface area (Å²) in [7, 11) is 3.17. The number of methoxy groups -OCH3 is 2. The Kier molecular flexibility index (Phi) is 5.76. The van der Waals surface area contributed by atoms with Crippen LogP contribution >= 0.6 is 11.6 Å². The maximum Gasteiger partial charge on any atom is 0.179 e. The van der Waals surface area contributed by atoms with E-state index >= 15 is 0 Å².